The lowest BCUT2D eigenvalue weighted by atomic mass is 10.1. The van der Waals surface area contributed by atoms with Gasteiger partial charge in [-0.05, 0) is 29.7 Å². The van der Waals surface area contributed by atoms with Crippen LogP contribution in [0.5, 0.6) is 5.75 Å². The number of hydrogen-bond acceptors (Lipinski definition) is 4. The minimum atomic E-state index is -0.473. The van der Waals surface area contributed by atoms with Gasteiger partial charge in [0.1, 0.15) is 12.4 Å². The van der Waals surface area contributed by atoms with Gasteiger partial charge in [-0.15, -0.1) is 0 Å². The largest absolute Gasteiger partial charge is 0.489 e. The van der Waals surface area contributed by atoms with E-state index in [1.807, 2.05) is 71.3 Å². The first-order chi connectivity index (χ1) is 12.2. The quantitative estimate of drug-likeness (QED) is 0.865. The van der Waals surface area contributed by atoms with E-state index < -0.39 is 6.04 Å². The van der Waals surface area contributed by atoms with Crippen LogP contribution >= 0.6 is 11.8 Å². The molecule has 1 aliphatic rings. The average molecular weight is 356 g/mol. The highest BCUT2D eigenvalue weighted by Crippen LogP contribution is 2.16. The number of amides is 1. The third-order valence-corrected chi connectivity index (χ3v) is 5.21. The number of ether oxygens (including phenoxy) is 1. The first-order valence-corrected chi connectivity index (χ1v) is 9.75. The topological polar surface area (TPSA) is 55.6 Å². The van der Waals surface area contributed by atoms with Crippen LogP contribution < -0.4 is 10.5 Å². The Bertz CT molecular complexity index is 670. The molecule has 0 aliphatic carbocycles. The van der Waals surface area contributed by atoms with E-state index in [4.69, 9.17) is 10.5 Å². The molecule has 1 unspecified atom stereocenters. The van der Waals surface area contributed by atoms with Crippen LogP contribution in [-0.2, 0) is 17.8 Å². The molecule has 3 rings (SSSR count). The Kier molecular flexibility index (Phi) is 6.36. The maximum Gasteiger partial charge on any atom is 0.239 e. The summed E-state index contributed by atoms with van der Waals surface area (Å²) in [5.74, 6) is 2.89. The van der Waals surface area contributed by atoms with E-state index in [0.29, 0.717) is 13.0 Å². The van der Waals surface area contributed by atoms with Crippen molar-refractivity contribution in [1.82, 2.24) is 4.90 Å². The maximum absolute atomic E-state index is 12.4. The minimum absolute atomic E-state index is 0.0599. The Morgan fingerprint density at radius 1 is 1.04 bits per heavy atom. The molecule has 2 N–H and O–H groups in total. The SMILES string of the molecule is NC(Cc1ccc(OCc2ccccc2)cc1)C(=O)N1CCSCC1. The second-order valence-electron chi connectivity index (χ2n) is 6.17. The van der Waals surface area contributed by atoms with Gasteiger partial charge < -0.3 is 15.4 Å². The van der Waals surface area contributed by atoms with Gasteiger partial charge in [-0.25, -0.2) is 0 Å². The summed E-state index contributed by atoms with van der Waals surface area (Å²) in [7, 11) is 0. The van der Waals surface area contributed by atoms with E-state index >= 15 is 0 Å². The molecule has 1 heterocycles. The van der Waals surface area contributed by atoms with E-state index in [1.54, 1.807) is 0 Å². The Morgan fingerprint density at radius 2 is 1.72 bits per heavy atom. The van der Waals surface area contributed by atoms with Crippen molar-refractivity contribution in [1.29, 1.82) is 0 Å². The smallest absolute Gasteiger partial charge is 0.239 e. The Labute approximate surface area is 153 Å². The highest BCUT2D eigenvalue weighted by molar-refractivity contribution is 7.99. The number of rotatable bonds is 6. The van der Waals surface area contributed by atoms with Gasteiger partial charge in [0, 0.05) is 24.6 Å². The molecule has 1 saturated heterocycles. The summed E-state index contributed by atoms with van der Waals surface area (Å²) in [6.45, 7) is 2.16. The zero-order valence-electron chi connectivity index (χ0n) is 14.3. The molecule has 2 aromatic carbocycles. The molecule has 1 fully saturated rings. The zero-order valence-corrected chi connectivity index (χ0v) is 15.1. The third-order valence-electron chi connectivity index (χ3n) is 4.27. The standard InChI is InChI=1S/C20H24N2O2S/c21-19(20(23)22-10-12-25-13-11-22)14-16-6-8-18(9-7-16)24-15-17-4-2-1-3-5-17/h1-9,19H,10-15,21H2. The van der Waals surface area contributed by atoms with Crippen LogP contribution in [0.2, 0.25) is 0 Å². The van der Waals surface area contributed by atoms with E-state index in [-0.39, 0.29) is 5.91 Å². The van der Waals surface area contributed by atoms with Gasteiger partial charge in [0.15, 0.2) is 0 Å². The summed E-state index contributed by atoms with van der Waals surface area (Å²) >= 11 is 1.89. The number of carbonyl (C=O) groups excluding carboxylic acids is 1. The summed E-state index contributed by atoms with van der Waals surface area (Å²) < 4.78 is 5.79. The fraction of sp³-hybridized carbons (Fsp3) is 0.350. The lowest BCUT2D eigenvalue weighted by Gasteiger charge is -2.28. The Balaban J connectivity index is 1.50. The molecular formula is C20H24N2O2S. The summed E-state index contributed by atoms with van der Waals surface area (Å²) in [4.78, 5) is 14.3. The van der Waals surface area contributed by atoms with E-state index in [2.05, 4.69) is 0 Å². The van der Waals surface area contributed by atoms with Crippen molar-refractivity contribution >= 4 is 17.7 Å². The van der Waals surface area contributed by atoms with Crippen LogP contribution in [-0.4, -0.2) is 41.4 Å². The van der Waals surface area contributed by atoms with Crippen molar-refractivity contribution in [3.05, 3.63) is 65.7 Å². The molecule has 0 radical (unpaired) electrons. The molecule has 0 aromatic heterocycles. The van der Waals surface area contributed by atoms with Crippen molar-refractivity contribution in [3.8, 4) is 5.75 Å². The van der Waals surface area contributed by atoms with Crippen molar-refractivity contribution in [2.75, 3.05) is 24.6 Å². The van der Waals surface area contributed by atoms with Crippen molar-refractivity contribution < 1.29 is 9.53 Å². The summed E-state index contributed by atoms with van der Waals surface area (Å²) in [5.41, 5.74) is 8.32. The third kappa shape index (κ3) is 5.25. The molecule has 25 heavy (non-hydrogen) atoms. The summed E-state index contributed by atoms with van der Waals surface area (Å²) in [6.07, 6.45) is 0.557. The van der Waals surface area contributed by atoms with Crippen molar-refractivity contribution in [2.24, 2.45) is 5.73 Å². The average Bonchev–Trinajstić information content (AvgIpc) is 2.68. The first kappa shape index (κ1) is 17.8. The molecule has 1 aliphatic heterocycles. The summed E-state index contributed by atoms with van der Waals surface area (Å²) in [5, 5.41) is 0. The van der Waals surface area contributed by atoms with Gasteiger partial charge in [-0.1, -0.05) is 42.5 Å². The minimum Gasteiger partial charge on any atom is -0.489 e. The first-order valence-electron chi connectivity index (χ1n) is 8.60. The highest BCUT2D eigenvalue weighted by Gasteiger charge is 2.22. The van der Waals surface area contributed by atoms with Gasteiger partial charge >= 0.3 is 0 Å². The lowest BCUT2D eigenvalue weighted by Crippen LogP contribution is -2.48. The van der Waals surface area contributed by atoms with Crippen LogP contribution in [0.4, 0.5) is 0 Å². The predicted molar refractivity (Wildman–Crippen MR) is 103 cm³/mol. The second kappa shape index (κ2) is 8.92. The van der Waals surface area contributed by atoms with Crippen LogP contribution in [0.25, 0.3) is 0 Å². The number of nitrogens with two attached hydrogens (primary N) is 1. The van der Waals surface area contributed by atoms with Crippen LogP contribution in [0.15, 0.2) is 54.6 Å². The number of benzene rings is 2. The van der Waals surface area contributed by atoms with Crippen LogP contribution in [0, 0.1) is 0 Å². The van der Waals surface area contributed by atoms with E-state index in [1.165, 1.54) is 0 Å². The van der Waals surface area contributed by atoms with Gasteiger partial charge in [0.05, 0.1) is 6.04 Å². The molecular weight excluding hydrogens is 332 g/mol. The lowest BCUT2D eigenvalue weighted by molar-refractivity contribution is -0.132. The van der Waals surface area contributed by atoms with Crippen LogP contribution in [0.1, 0.15) is 11.1 Å². The fourth-order valence-corrected chi connectivity index (χ4v) is 3.73. The second-order valence-corrected chi connectivity index (χ2v) is 7.39. The zero-order chi connectivity index (χ0) is 17.5. The molecule has 0 spiro atoms. The van der Waals surface area contributed by atoms with Gasteiger partial charge in [-0.2, -0.15) is 11.8 Å². The number of hydrogen-bond donors (Lipinski definition) is 1. The maximum atomic E-state index is 12.4. The van der Waals surface area contributed by atoms with Gasteiger partial charge in [-0.3, -0.25) is 4.79 Å². The number of nitrogens with zero attached hydrogens (tertiary/aromatic N) is 1. The Hall–Kier alpha value is -1.98. The molecule has 1 atom stereocenters. The number of carbonyl (C=O) groups is 1. The molecule has 0 saturated carbocycles. The summed E-state index contributed by atoms with van der Waals surface area (Å²) in [6, 6.07) is 17.4. The van der Waals surface area contributed by atoms with Crippen LogP contribution in [0.3, 0.4) is 0 Å². The van der Waals surface area contributed by atoms with Gasteiger partial charge in [0.2, 0.25) is 5.91 Å². The molecule has 1 amide bonds. The van der Waals surface area contributed by atoms with Crippen molar-refractivity contribution in [3.63, 3.8) is 0 Å². The molecule has 5 heteroatoms. The fourth-order valence-electron chi connectivity index (χ4n) is 2.82. The normalized spacial score (nSPS) is 15.6. The molecule has 2 aromatic rings. The van der Waals surface area contributed by atoms with Gasteiger partial charge in [0.25, 0.3) is 0 Å². The van der Waals surface area contributed by atoms with E-state index in [9.17, 15) is 4.79 Å². The number of thioether (sulfide) groups is 1. The Morgan fingerprint density at radius 3 is 2.40 bits per heavy atom. The molecule has 132 valence electrons. The predicted octanol–water partition coefficient (Wildman–Crippen LogP) is 2.71. The molecule has 4 nitrogen and oxygen atoms in total. The van der Waals surface area contributed by atoms with E-state index in [0.717, 1.165) is 41.5 Å². The monoisotopic (exact) mass is 356 g/mol. The highest BCUT2D eigenvalue weighted by atomic mass is 32.2. The molecule has 0 bridgehead atoms. The van der Waals surface area contributed by atoms with Crippen molar-refractivity contribution in [2.45, 2.75) is 19.1 Å².